The van der Waals surface area contributed by atoms with Crippen LogP contribution < -0.4 is 0 Å². The zero-order chi connectivity index (χ0) is 12.3. The summed E-state index contributed by atoms with van der Waals surface area (Å²) in [5.41, 5.74) is 4.18. The summed E-state index contributed by atoms with van der Waals surface area (Å²) < 4.78 is 0. The zero-order valence-corrected chi connectivity index (χ0v) is 11.2. The second kappa shape index (κ2) is 5.50. The number of allylic oxidation sites excluding steroid dienone is 1. The molecule has 0 bridgehead atoms. The summed E-state index contributed by atoms with van der Waals surface area (Å²) in [6.07, 6.45) is 7.36. The molecule has 1 fully saturated rings. The molecule has 1 aliphatic heterocycles. The van der Waals surface area contributed by atoms with E-state index < -0.39 is 0 Å². The van der Waals surface area contributed by atoms with E-state index in [2.05, 4.69) is 56.1 Å². The van der Waals surface area contributed by atoms with Crippen LogP contribution >= 0.6 is 0 Å². The van der Waals surface area contributed by atoms with Crippen molar-refractivity contribution in [3.63, 3.8) is 0 Å². The van der Waals surface area contributed by atoms with Gasteiger partial charge in [0.1, 0.15) is 0 Å². The lowest BCUT2D eigenvalue weighted by Crippen LogP contribution is -2.29. The first-order valence-electron chi connectivity index (χ1n) is 6.60. The minimum absolute atomic E-state index is 0.769. The Morgan fingerprint density at radius 2 is 1.71 bits per heavy atom. The van der Waals surface area contributed by atoms with Crippen molar-refractivity contribution in [3.05, 3.63) is 41.0 Å². The van der Waals surface area contributed by atoms with Gasteiger partial charge in [-0.15, -0.1) is 0 Å². The molecule has 0 unspecified atom stereocenters. The van der Waals surface area contributed by atoms with Crippen LogP contribution in [0.5, 0.6) is 0 Å². The van der Waals surface area contributed by atoms with Crippen LogP contribution in [-0.2, 0) is 0 Å². The average molecular weight is 229 g/mol. The van der Waals surface area contributed by atoms with E-state index >= 15 is 0 Å². The highest BCUT2D eigenvalue weighted by Crippen LogP contribution is 2.21. The molecule has 1 heteroatoms. The lowest BCUT2D eigenvalue weighted by Gasteiger charge is -2.27. The van der Waals surface area contributed by atoms with Gasteiger partial charge in [0.15, 0.2) is 0 Å². The van der Waals surface area contributed by atoms with Gasteiger partial charge < -0.3 is 4.90 Å². The van der Waals surface area contributed by atoms with Crippen molar-refractivity contribution >= 4 is 6.08 Å². The maximum atomic E-state index is 2.42. The average Bonchev–Trinajstić information content (AvgIpc) is 2.31. The highest BCUT2D eigenvalue weighted by atomic mass is 15.1. The molecule has 92 valence electrons. The lowest BCUT2D eigenvalue weighted by atomic mass is 9.94. The van der Waals surface area contributed by atoms with Gasteiger partial charge in [0.25, 0.3) is 0 Å². The number of rotatable bonds is 2. The van der Waals surface area contributed by atoms with Crippen LogP contribution in [0.4, 0.5) is 0 Å². The minimum atomic E-state index is 0.769. The second-order valence-corrected chi connectivity index (χ2v) is 5.31. The number of benzene rings is 1. The maximum Gasteiger partial charge on any atom is -0.00162 e. The topological polar surface area (TPSA) is 3.24 Å². The molecule has 1 aromatic carbocycles. The molecule has 1 aromatic rings. The molecular formula is C16H23N. The van der Waals surface area contributed by atoms with Gasteiger partial charge in [0.2, 0.25) is 0 Å². The number of likely N-dealkylation sites (tertiary alicyclic amines) is 1. The Bertz CT molecular complexity index is 378. The molecule has 0 amide bonds. The Morgan fingerprint density at radius 3 is 2.29 bits per heavy atom. The third-order valence-corrected chi connectivity index (χ3v) is 3.84. The molecule has 0 aliphatic carbocycles. The van der Waals surface area contributed by atoms with Crippen LogP contribution in [-0.4, -0.2) is 25.0 Å². The Labute approximate surface area is 105 Å². The van der Waals surface area contributed by atoms with Crippen molar-refractivity contribution in [1.82, 2.24) is 4.90 Å². The molecule has 0 saturated carbocycles. The monoisotopic (exact) mass is 229 g/mol. The van der Waals surface area contributed by atoms with Crippen LogP contribution in [0, 0.1) is 19.8 Å². The first-order chi connectivity index (χ1) is 8.16. The Morgan fingerprint density at radius 1 is 1.12 bits per heavy atom. The molecular weight excluding hydrogens is 206 g/mol. The molecule has 0 N–H and O–H groups in total. The summed E-state index contributed by atoms with van der Waals surface area (Å²) in [7, 11) is 2.21. The molecule has 0 radical (unpaired) electrons. The fourth-order valence-corrected chi connectivity index (χ4v) is 2.54. The second-order valence-electron chi connectivity index (χ2n) is 5.31. The van der Waals surface area contributed by atoms with Crippen molar-refractivity contribution in [2.45, 2.75) is 26.7 Å². The van der Waals surface area contributed by atoms with Gasteiger partial charge in [0.05, 0.1) is 0 Å². The van der Waals surface area contributed by atoms with Crippen molar-refractivity contribution < 1.29 is 0 Å². The number of hydrogen-bond donors (Lipinski definition) is 0. The van der Waals surface area contributed by atoms with Gasteiger partial charge in [-0.1, -0.05) is 30.4 Å². The summed E-state index contributed by atoms with van der Waals surface area (Å²) in [4.78, 5) is 2.42. The predicted molar refractivity (Wildman–Crippen MR) is 75.2 cm³/mol. The molecule has 2 rings (SSSR count). The highest BCUT2D eigenvalue weighted by molar-refractivity contribution is 5.57. The highest BCUT2D eigenvalue weighted by Gasteiger charge is 2.13. The molecule has 0 aromatic heterocycles. The van der Waals surface area contributed by atoms with Crippen molar-refractivity contribution in [2.75, 3.05) is 20.1 Å². The quantitative estimate of drug-likeness (QED) is 0.748. The Hall–Kier alpha value is -1.08. The normalized spacial score (nSPS) is 19.0. The molecule has 1 saturated heterocycles. The molecule has 0 atom stereocenters. The third kappa shape index (κ3) is 3.19. The SMILES string of the molecule is Cc1cccc(C)c1/C=C/C1CCN(C)CC1. The van der Waals surface area contributed by atoms with Gasteiger partial charge in [-0.25, -0.2) is 0 Å². The van der Waals surface area contributed by atoms with E-state index in [4.69, 9.17) is 0 Å². The number of piperidine rings is 1. The van der Waals surface area contributed by atoms with Crippen LogP contribution in [0.1, 0.15) is 29.5 Å². The standard InChI is InChI=1S/C16H23N/c1-13-5-4-6-14(2)16(13)8-7-15-9-11-17(3)12-10-15/h4-8,15H,9-12H2,1-3H3/b8-7+. The molecule has 1 nitrogen and oxygen atoms in total. The number of hydrogen-bond acceptors (Lipinski definition) is 1. The minimum Gasteiger partial charge on any atom is -0.306 e. The third-order valence-electron chi connectivity index (χ3n) is 3.84. The van der Waals surface area contributed by atoms with Crippen LogP contribution in [0.15, 0.2) is 24.3 Å². The maximum absolute atomic E-state index is 2.42. The van der Waals surface area contributed by atoms with Gasteiger partial charge in [-0.05, 0) is 69.4 Å². The van der Waals surface area contributed by atoms with E-state index in [1.165, 1.54) is 42.6 Å². The first kappa shape index (κ1) is 12.4. The number of nitrogens with zero attached hydrogens (tertiary/aromatic N) is 1. The van der Waals surface area contributed by atoms with Crippen molar-refractivity contribution in [2.24, 2.45) is 5.92 Å². The van der Waals surface area contributed by atoms with Crippen LogP contribution in [0.2, 0.25) is 0 Å². The fourth-order valence-electron chi connectivity index (χ4n) is 2.54. The molecule has 17 heavy (non-hydrogen) atoms. The first-order valence-corrected chi connectivity index (χ1v) is 6.60. The summed E-state index contributed by atoms with van der Waals surface area (Å²) >= 11 is 0. The Balaban J connectivity index is 2.05. The van der Waals surface area contributed by atoms with Crippen molar-refractivity contribution in [1.29, 1.82) is 0 Å². The van der Waals surface area contributed by atoms with Crippen LogP contribution in [0.25, 0.3) is 6.08 Å². The van der Waals surface area contributed by atoms with E-state index in [9.17, 15) is 0 Å². The van der Waals surface area contributed by atoms with E-state index in [1.54, 1.807) is 0 Å². The van der Waals surface area contributed by atoms with Gasteiger partial charge in [0, 0.05) is 0 Å². The Kier molecular flexibility index (Phi) is 4.01. The summed E-state index contributed by atoms with van der Waals surface area (Å²) in [6.45, 7) is 6.87. The summed E-state index contributed by atoms with van der Waals surface area (Å²) in [6, 6.07) is 6.53. The zero-order valence-electron chi connectivity index (χ0n) is 11.2. The number of aryl methyl sites for hydroxylation is 2. The lowest BCUT2D eigenvalue weighted by molar-refractivity contribution is 0.244. The smallest absolute Gasteiger partial charge is 0.00162 e. The predicted octanol–water partition coefficient (Wildman–Crippen LogP) is 3.66. The van der Waals surface area contributed by atoms with E-state index in [0.717, 1.165) is 5.92 Å². The van der Waals surface area contributed by atoms with E-state index in [0.29, 0.717) is 0 Å². The van der Waals surface area contributed by atoms with E-state index in [1.807, 2.05) is 0 Å². The van der Waals surface area contributed by atoms with Gasteiger partial charge in [-0.3, -0.25) is 0 Å². The summed E-state index contributed by atoms with van der Waals surface area (Å²) in [5, 5.41) is 0. The molecule has 0 spiro atoms. The van der Waals surface area contributed by atoms with Gasteiger partial charge in [-0.2, -0.15) is 0 Å². The van der Waals surface area contributed by atoms with E-state index in [-0.39, 0.29) is 0 Å². The summed E-state index contributed by atoms with van der Waals surface area (Å²) in [5.74, 6) is 0.769. The van der Waals surface area contributed by atoms with Crippen molar-refractivity contribution in [3.8, 4) is 0 Å². The fraction of sp³-hybridized carbons (Fsp3) is 0.500. The molecule has 1 heterocycles. The molecule has 1 aliphatic rings. The largest absolute Gasteiger partial charge is 0.306 e. The van der Waals surface area contributed by atoms with Gasteiger partial charge >= 0.3 is 0 Å². The van der Waals surface area contributed by atoms with Crippen LogP contribution in [0.3, 0.4) is 0 Å².